The van der Waals surface area contributed by atoms with Gasteiger partial charge in [0.2, 0.25) is 0 Å². The van der Waals surface area contributed by atoms with E-state index in [4.69, 9.17) is 0 Å². The first kappa shape index (κ1) is 19.0. The van der Waals surface area contributed by atoms with Crippen LogP contribution in [-0.2, 0) is 9.59 Å². The van der Waals surface area contributed by atoms with Gasteiger partial charge in [0.1, 0.15) is 6.04 Å². The van der Waals surface area contributed by atoms with Crippen molar-refractivity contribution in [1.29, 1.82) is 0 Å². The molecule has 2 rings (SSSR count). The number of likely N-dealkylation sites (tertiary alicyclic amines) is 1. The van der Waals surface area contributed by atoms with E-state index in [1.54, 1.807) is 6.08 Å². The summed E-state index contributed by atoms with van der Waals surface area (Å²) in [4.78, 5) is 24.5. The van der Waals surface area contributed by atoms with Crippen molar-refractivity contribution in [2.75, 3.05) is 19.6 Å². The molecule has 136 valence electrons. The Morgan fingerprint density at radius 3 is 2.21 bits per heavy atom. The fraction of sp³-hybridized carbons (Fsp3) is 0.789. The zero-order chi connectivity index (χ0) is 17.6. The number of allylic oxidation sites excluding steroid dienone is 2. The molecule has 0 aromatic carbocycles. The molecule has 2 fully saturated rings. The Hall–Kier alpha value is -1.36. The number of nitrogens with one attached hydrogen (secondary N) is 2. The second-order valence-electron chi connectivity index (χ2n) is 7.69. The summed E-state index contributed by atoms with van der Waals surface area (Å²) in [7, 11) is 0. The highest BCUT2D eigenvalue weighted by atomic mass is 16.4. The standard InChI is InChI=1S/C19H32N2O3/c1-15(13-16(2)22)20-14-19(9-5-3-6-10-19)17(18(23)24)21-11-7-4-8-12-21/h13,17,20H,3-12,14H2,1-2H3,(H,23,24)/b15-13+. The molecular formula is C19H32N2O3. The van der Waals surface area contributed by atoms with Crippen LogP contribution in [0.25, 0.3) is 0 Å². The van der Waals surface area contributed by atoms with Gasteiger partial charge in [-0.25, -0.2) is 0 Å². The summed E-state index contributed by atoms with van der Waals surface area (Å²) in [6, 6.07) is -0.448. The summed E-state index contributed by atoms with van der Waals surface area (Å²) in [5, 5.41) is 15.4. The average Bonchev–Trinajstić information content (AvgIpc) is 2.54. The van der Waals surface area contributed by atoms with Crippen LogP contribution in [0.4, 0.5) is 0 Å². The Bertz CT molecular complexity index is 475. The van der Waals surface area contributed by atoms with E-state index in [1.165, 1.54) is 24.7 Å². The van der Waals surface area contributed by atoms with E-state index in [-0.39, 0.29) is 11.2 Å². The zero-order valence-corrected chi connectivity index (χ0v) is 15.2. The molecule has 0 amide bonds. The number of piperidine rings is 1. The van der Waals surface area contributed by atoms with E-state index >= 15 is 0 Å². The quantitative estimate of drug-likeness (QED) is 0.652. The number of rotatable bonds is 7. The van der Waals surface area contributed by atoms with Crippen LogP contribution in [0, 0.1) is 5.41 Å². The van der Waals surface area contributed by atoms with Crippen LogP contribution in [0.3, 0.4) is 0 Å². The molecular weight excluding hydrogens is 304 g/mol. The van der Waals surface area contributed by atoms with Gasteiger partial charge in [0.05, 0.1) is 19.1 Å². The highest BCUT2D eigenvalue weighted by Gasteiger charge is 2.46. The van der Waals surface area contributed by atoms with E-state index in [0.717, 1.165) is 57.3 Å². The van der Waals surface area contributed by atoms with Crippen molar-refractivity contribution in [3.63, 3.8) is 0 Å². The molecule has 1 aliphatic carbocycles. The molecule has 0 spiro atoms. The van der Waals surface area contributed by atoms with Crippen LogP contribution in [0.2, 0.25) is 0 Å². The minimum Gasteiger partial charge on any atom is -0.544 e. The third-order valence-electron chi connectivity index (χ3n) is 5.74. The molecule has 1 heterocycles. The van der Waals surface area contributed by atoms with E-state index in [1.807, 2.05) is 6.92 Å². The van der Waals surface area contributed by atoms with Crippen molar-refractivity contribution >= 4 is 11.8 Å². The second kappa shape index (κ2) is 8.65. The van der Waals surface area contributed by atoms with Gasteiger partial charge in [-0.05, 0) is 52.0 Å². The minimum absolute atomic E-state index is 0.0100. The molecule has 5 nitrogen and oxygen atoms in total. The molecule has 0 aromatic heterocycles. The molecule has 5 heteroatoms. The van der Waals surface area contributed by atoms with Gasteiger partial charge in [-0.15, -0.1) is 0 Å². The normalized spacial score (nSPS) is 23.5. The van der Waals surface area contributed by atoms with Gasteiger partial charge in [0.15, 0.2) is 5.78 Å². The Balaban J connectivity index is 2.19. The second-order valence-corrected chi connectivity index (χ2v) is 7.69. The van der Waals surface area contributed by atoms with Crippen LogP contribution in [0.5, 0.6) is 0 Å². The van der Waals surface area contributed by atoms with Crippen molar-refractivity contribution in [2.24, 2.45) is 5.41 Å². The average molecular weight is 336 g/mol. The molecule has 0 bridgehead atoms. The molecule has 2 N–H and O–H groups in total. The third-order valence-corrected chi connectivity index (χ3v) is 5.74. The lowest BCUT2D eigenvalue weighted by Gasteiger charge is -2.47. The zero-order valence-electron chi connectivity index (χ0n) is 15.2. The Morgan fingerprint density at radius 2 is 1.67 bits per heavy atom. The molecule has 24 heavy (non-hydrogen) atoms. The van der Waals surface area contributed by atoms with Gasteiger partial charge in [-0.3, -0.25) is 4.79 Å². The molecule has 1 aliphatic heterocycles. The lowest BCUT2D eigenvalue weighted by atomic mass is 9.68. The number of aliphatic carboxylic acids is 1. The van der Waals surface area contributed by atoms with Crippen LogP contribution in [0.15, 0.2) is 11.8 Å². The summed E-state index contributed by atoms with van der Waals surface area (Å²) < 4.78 is 0. The highest BCUT2D eigenvalue weighted by Crippen LogP contribution is 2.38. The van der Waals surface area contributed by atoms with E-state index in [9.17, 15) is 14.7 Å². The molecule has 0 aromatic rings. The topological polar surface area (TPSA) is 73.7 Å². The van der Waals surface area contributed by atoms with Crippen LogP contribution in [0.1, 0.15) is 65.2 Å². The van der Waals surface area contributed by atoms with Gasteiger partial charge in [0.25, 0.3) is 0 Å². The summed E-state index contributed by atoms with van der Waals surface area (Å²) in [6.07, 6.45) is 10.2. The lowest BCUT2D eigenvalue weighted by molar-refractivity contribution is -0.931. The SMILES string of the molecule is CC(=O)/C=C(\C)NCC1(C(C(=O)[O-])[NH+]2CCCCC2)CCCCC1. The first-order valence-electron chi connectivity index (χ1n) is 9.43. The predicted molar refractivity (Wildman–Crippen MR) is 91.3 cm³/mol. The molecule has 1 saturated carbocycles. The maximum absolute atomic E-state index is 12.1. The number of carbonyl (C=O) groups is 2. The third kappa shape index (κ3) is 4.82. The number of quaternary nitrogens is 1. The molecule has 0 radical (unpaired) electrons. The fourth-order valence-electron chi connectivity index (χ4n) is 4.64. The summed E-state index contributed by atoms with van der Waals surface area (Å²) in [5.41, 5.74) is 0.550. The van der Waals surface area contributed by atoms with Crippen molar-refractivity contribution in [3.05, 3.63) is 11.8 Å². The monoisotopic (exact) mass is 336 g/mol. The van der Waals surface area contributed by atoms with Gasteiger partial charge < -0.3 is 20.1 Å². The summed E-state index contributed by atoms with van der Waals surface area (Å²) >= 11 is 0. The van der Waals surface area contributed by atoms with Crippen molar-refractivity contribution < 1.29 is 19.6 Å². The van der Waals surface area contributed by atoms with Crippen molar-refractivity contribution in [3.8, 4) is 0 Å². The van der Waals surface area contributed by atoms with Crippen LogP contribution >= 0.6 is 0 Å². The van der Waals surface area contributed by atoms with Crippen LogP contribution < -0.4 is 15.3 Å². The number of hydrogen-bond acceptors (Lipinski definition) is 4. The van der Waals surface area contributed by atoms with Crippen molar-refractivity contribution in [1.82, 2.24) is 5.32 Å². The van der Waals surface area contributed by atoms with Crippen molar-refractivity contribution in [2.45, 2.75) is 71.3 Å². The minimum atomic E-state index is -0.899. The predicted octanol–water partition coefficient (Wildman–Crippen LogP) is 0.207. The maximum Gasteiger partial charge on any atom is 0.154 e. The van der Waals surface area contributed by atoms with Gasteiger partial charge in [-0.1, -0.05) is 19.3 Å². The van der Waals surface area contributed by atoms with Gasteiger partial charge >= 0.3 is 0 Å². The molecule has 1 saturated heterocycles. The Labute approximate surface area is 145 Å². The smallest absolute Gasteiger partial charge is 0.154 e. The maximum atomic E-state index is 12.1. The van der Waals surface area contributed by atoms with Crippen LogP contribution in [-0.4, -0.2) is 37.4 Å². The summed E-state index contributed by atoms with van der Waals surface area (Å²) in [5.74, 6) is -0.889. The Morgan fingerprint density at radius 1 is 1.08 bits per heavy atom. The van der Waals surface area contributed by atoms with Gasteiger partial charge in [-0.2, -0.15) is 0 Å². The highest BCUT2D eigenvalue weighted by molar-refractivity contribution is 5.87. The fourth-order valence-corrected chi connectivity index (χ4v) is 4.64. The molecule has 1 unspecified atom stereocenters. The molecule has 1 atom stereocenters. The van der Waals surface area contributed by atoms with E-state index in [2.05, 4.69) is 5.32 Å². The van der Waals surface area contributed by atoms with E-state index < -0.39 is 12.0 Å². The first-order chi connectivity index (χ1) is 11.4. The molecule has 2 aliphatic rings. The first-order valence-corrected chi connectivity index (χ1v) is 9.43. The number of carboxylic acids is 1. The Kier molecular flexibility index (Phi) is 6.84. The number of hydrogen-bond donors (Lipinski definition) is 2. The largest absolute Gasteiger partial charge is 0.544 e. The number of carboxylic acid groups (broad SMARTS) is 1. The number of ketones is 1. The number of carbonyl (C=O) groups excluding carboxylic acids is 2. The van der Waals surface area contributed by atoms with E-state index in [0.29, 0.717) is 6.54 Å². The summed E-state index contributed by atoms with van der Waals surface area (Å²) in [6.45, 7) is 5.89. The lowest BCUT2D eigenvalue weighted by Crippen LogP contribution is -3.19. The van der Waals surface area contributed by atoms with Gasteiger partial charge in [0, 0.05) is 17.7 Å².